The van der Waals surface area contributed by atoms with Crippen LogP contribution in [0.25, 0.3) is 0 Å². The quantitative estimate of drug-likeness (QED) is 0.785. The maximum absolute atomic E-state index is 12.0. The Morgan fingerprint density at radius 1 is 1.36 bits per heavy atom. The fourth-order valence-electron chi connectivity index (χ4n) is 2.35. The van der Waals surface area contributed by atoms with Crippen molar-refractivity contribution in [1.82, 2.24) is 9.88 Å². The summed E-state index contributed by atoms with van der Waals surface area (Å²) < 4.78 is 5.42. The van der Waals surface area contributed by atoms with Crippen molar-refractivity contribution in [2.45, 2.75) is 51.2 Å². The zero-order chi connectivity index (χ0) is 16.2. The first-order chi connectivity index (χ1) is 10.3. The van der Waals surface area contributed by atoms with Crippen LogP contribution in [0.1, 0.15) is 39.2 Å². The number of piperidine rings is 1. The van der Waals surface area contributed by atoms with Crippen LogP contribution in [0.5, 0.6) is 0 Å². The Morgan fingerprint density at radius 2 is 2.05 bits per heavy atom. The summed E-state index contributed by atoms with van der Waals surface area (Å²) in [6.07, 6.45) is 3.81. The Morgan fingerprint density at radius 3 is 2.59 bits per heavy atom. The molecule has 0 spiro atoms. The third-order valence-electron chi connectivity index (χ3n) is 3.62. The molecule has 0 aromatic carbocycles. The second kappa shape index (κ2) is 7.36. The smallest absolute Gasteiger partial charge is 0.410 e. The monoisotopic (exact) mass is 322 g/mol. The summed E-state index contributed by atoms with van der Waals surface area (Å²) in [5, 5.41) is 1.08. The van der Waals surface area contributed by atoms with Crippen molar-refractivity contribution in [1.29, 1.82) is 0 Å². The number of ether oxygens (including phenoxy) is 1. The van der Waals surface area contributed by atoms with Gasteiger partial charge in [0, 0.05) is 25.0 Å². The zero-order valence-corrected chi connectivity index (χ0v) is 14.8. The lowest BCUT2D eigenvalue weighted by Gasteiger charge is -2.33. The highest BCUT2D eigenvalue weighted by atomic mass is 32.2. The molecule has 2 rings (SSSR count). The van der Waals surface area contributed by atoms with E-state index in [9.17, 15) is 4.79 Å². The van der Waals surface area contributed by atoms with Gasteiger partial charge in [-0.05, 0) is 58.1 Å². The molecule has 4 nitrogen and oxygen atoms in total. The van der Waals surface area contributed by atoms with Gasteiger partial charge in [-0.25, -0.2) is 9.78 Å². The summed E-state index contributed by atoms with van der Waals surface area (Å²) in [6.45, 7) is 9.35. The van der Waals surface area contributed by atoms with Crippen LogP contribution in [0.4, 0.5) is 4.79 Å². The van der Waals surface area contributed by atoms with Crippen LogP contribution in [0.15, 0.2) is 23.4 Å². The number of aryl methyl sites for hydroxylation is 1. The van der Waals surface area contributed by atoms with E-state index in [0.717, 1.165) is 36.7 Å². The van der Waals surface area contributed by atoms with Gasteiger partial charge in [-0.1, -0.05) is 6.07 Å². The van der Waals surface area contributed by atoms with Crippen molar-refractivity contribution >= 4 is 17.9 Å². The molecule has 0 aliphatic carbocycles. The minimum Gasteiger partial charge on any atom is -0.444 e. The van der Waals surface area contributed by atoms with Crippen molar-refractivity contribution in [3.63, 3.8) is 0 Å². The topological polar surface area (TPSA) is 42.4 Å². The number of nitrogens with zero attached hydrogens (tertiary/aromatic N) is 2. The van der Waals surface area contributed by atoms with Crippen molar-refractivity contribution in [3.8, 4) is 0 Å². The molecular weight excluding hydrogens is 296 g/mol. The van der Waals surface area contributed by atoms with Crippen molar-refractivity contribution in [2.24, 2.45) is 5.92 Å². The van der Waals surface area contributed by atoms with Crippen molar-refractivity contribution < 1.29 is 9.53 Å². The third-order valence-corrected chi connectivity index (χ3v) is 4.79. The SMILES string of the molecule is Cc1ccc(SCC2CCN(C(=O)OC(C)(C)C)CC2)nc1. The molecule has 0 N–H and O–H groups in total. The molecule has 0 radical (unpaired) electrons. The second-order valence-corrected chi connectivity index (χ2v) is 7.94. The molecule has 1 saturated heterocycles. The number of carbonyl (C=O) groups excluding carboxylic acids is 1. The standard InChI is InChI=1S/C17H26N2O2S/c1-13-5-6-15(18-11-13)22-12-14-7-9-19(10-8-14)16(20)21-17(2,3)4/h5-6,11,14H,7-10,12H2,1-4H3. The van der Waals surface area contributed by atoms with Gasteiger partial charge in [0.1, 0.15) is 5.60 Å². The molecule has 0 atom stereocenters. The molecule has 1 aliphatic heterocycles. The van der Waals surface area contributed by atoms with Crippen LogP contribution < -0.4 is 0 Å². The van der Waals surface area contributed by atoms with E-state index in [4.69, 9.17) is 4.74 Å². The Hall–Kier alpha value is -1.23. The van der Waals surface area contributed by atoms with Gasteiger partial charge in [0.25, 0.3) is 0 Å². The highest BCUT2D eigenvalue weighted by molar-refractivity contribution is 7.99. The van der Waals surface area contributed by atoms with Crippen LogP contribution in [-0.2, 0) is 4.74 Å². The lowest BCUT2D eigenvalue weighted by molar-refractivity contribution is 0.0191. The number of aromatic nitrogens is 1. The van der Waals surface area contributed by atoms with E-state index < -0.39 is 5.60 Å². The van der Waals surface area contributed by atoms with E-state index in [1.54, 1.807) is 0 Å². The molecule has 5 heteroatoms. The number of thioether (sulfide) groups is 1. The van der Waals surface area contributed by atoms with E-state index in [0.29, 0.717) is 5.92 Å². The number of hydrogen-bond acceptors (Lipinski definition) is 4. The van der Waals surface area contributed by atoms with Gasteiger partial charge >= 0.3 is 6.09 Å². The van der Waals surface area contributed by atoms with Gasteiger partial charge in [-0.3, -0.25) is 0 Å². The predicted molar refractivity (Wildman–Crippen MR) is 90.2 cm³/mol. The summed E-state index contributed by atoms with van der Waals surface area (Å²) >= 11 is 1.81. The highest BCUT2D eigenvalue weighted by Gasteiger charge is 2.26. The van der Waals surface area contributed by atoms with Crippen LogP contribution in [0, 0.1) is 12.8 Å². The summed E-state index contributed by atoms with van der Waals surface area (Å²) in [5.41, 5.74) is 0.774. The first kappa shape index (κ1) is 17.1. The molecule has 1 fully saturated rings. The Balaban J connectivity index is 1.73. The van der Waals surface area contributed by atoms with Crippen LogP contribution >= 0.6 is 11.8 Å². The molecule has 0 bridgehead atoms. The zero-order valence-electron chi connectivity index (χ0n) is 14.0. The highest BCUT2D eigenvalue weighted by Crippen LogP contribution is 2.26. The minimum absolute atomic E-state index is 0.182. The van der Waals surface area contributed by atoms with E-state index in [1.807, 2.05) is 50.6 Å². The van der Waals surface area contributed by atoms with E-state index in [1.165, 1.54) is 5.56 Å². The van der Waals surface area contributed by atoms with E-state index >= 15 is 0 Å². The average Bonchev–Trinajstić information content (AvgIpc) is 2.45. The van der Waals surface area contributed by atoms with Crippen LogP contribution in [0.2, 0.25) is 0 Å². The summed E-state index contributed by atoms with van der Waals surface area (Å²) in [4.78, 5) is 18.3. The van der Waals surface area contributed by atoms with Gasteiger partial charge in [-0.15, -0.1) is 11.8 Å². The fraction of sp³-hybridized carbons (Fsp3) is 0.647. The van der Waals surface area contributed by atoms with E-state index in [2.05, 4.69) is 17.1 Å². The average molecular weight is 322 g/mol. The van der Waals surface area contributed by atoms with Gasteiger partial charge < -0.3 is 9.64 Å². The minimum atomic E-state index is -0.416. The third kappa shape index (κ3) is 5.52. The maximum atomic E-state index is 12.0. The van der Waals surface area contributed by atoms with Gasteiger partial charge in [0.05, 0.1) is 5.03 Å². The largest absolute Gasteiger partial charge is 0.444 e. The normalized spacial score (nSPS) is 16.6. The number of rotatable bonds is 3. The molecule has 1 aromatic rings. The molecule has 1 aromatic heterocycles. The Bertz CT molecular complexity index is 488. The summed E-state index contributed by atoms with van der Waals surface area (Å²) in [5.74, 6) is 1.71. The number of carbonyl (C=O) groups is 1. The molecule has 0 unspecified atom stereocenters. The maximum Gasteiger partial charge on any atom is 0.410 e. The summed E-state index contributed by atoms with van der Waals surface area (Å²) in [6, 6.07) is 4.18. The number of hydrogen-bond donors (Lipinski definition) is 0. The Kier molecular flexibility index (Phi) is 5.73. The molecule has 122 valence electrons. The first-order valence-electron chi connectivity index (χ1n) is 7.87. The van der Waals surface area contributed by atoms with Crippen molar-refractivity contribution in [2.75, 3.05) is 18.8 Å². The van der Waals surface area contributed by atoms with Crippen LogP contribution in [-0.4, -0.2) is 40.4 Å². The summed E-state index contributed by atoms with van der Waals surface area (Å²) in [7, 11) is 0. The number of amides is 1. The predicted octanol–water partition coefficient (Wildman–Crippen LogP) is 4.13. The van der Waals surface area contributed by atoms with Gasteiger partial charge in [-0.2, -0.15) is 0 Å². The fourth-order valence-corrected chi connectivity index (χ4v) is 3.38. The molecule has 2 heterocycles. The second-order valence-electron chi connectivity index (χ2n) is 6.90. The lowest BCUT2D eigenvalue weighted by Crippen LogP contribution is -2.42. The van der Waals surface area contributed by atoms with Crippen LogP contribution in [0.3, 0.4) is 0 Å². The molecular formula is C17H26N2O2S. The number of likely N-dealkylation sites (tertiary alicyclic amines) is 1. The first-order valence-corrected chi connectivity index (χ1v) is 8.85. The van der Waals surface area contributed by atoms with Gasteiger partial charge in [0.2, 0.25) is 0 Å². The lowest BCUT2D eigenvalue weighted by atomic mass is 9.99. The number of pyridine rings is 1. The Labute approximate surface area is 137 Å². The molecule has 1 aliphatic rings. The van der Waals surface area contributed by atoms with E-state index in [-0.39, 0.29) is 6.09 Å². The molecule has 1 amide bonds. The van der Waals surface area contributed by atoms with Gasteiger partial charge in [0.15, 0.2) is 0 Å². The molecule has 0 saturated carbocycles. The molecule has 22 heavy (non-hydrogen) atoms. The van der Waals surface area contributed by atoms with Crippen molar-refractivity contribution in [3.05, 3.63) is 23.9 Å².